The first-order valence-corrected chi connectivity index (χ1v) is 13.5. The molecular formula is C27H27ClN2O5S. The summed E-state index contributed by atoms with van der Waals surface area (Å²) in [5, 5.41) is 0.494. The van der Waals surface area contributed by atoms with Gasteiger partial charge in [0.15, 0.2) is 0 Å². The Hall–Kier alpha value is -2.91. The van der Waals surface area contributed by atoms with Crippen molar-refractivity contribution in [3.8, 4) is 16.9 Å². The van der Waals surface area contributed by atoms with Crippen LogP contribution in [0.4, 0.5) is 0 Å². The summed E-state index contributed by atoms with van der Waals surface area (Å²) in [7, 11) is -0.142. The fourth-order valence-corrected chi connectivity index (χ4v) is 6.11. The van der Waals surface area contributed by atoms with Crippen LogP contribution < -0.4 is 4.74 Å². The van der Waals surface area contributed by atoms with Crippen molar-refractivity contribution >= 4 is 27.5 Å². The van der Waals surface area contributed by atoms with Gasteiger partial charge in [0, 0.05) is 56.2 Å². The first-order valence-electron chi connectivity index (χ1n) is 11.7. The van der Waals surface area contributed by atoms with E-state index in [-0.39, 0.29) is 10.8 Å². The molecule has 1 amide bonds. The standard InChI is InChI=1S/C27H27ClN2O5S/c1-29(2)26(31)20-5-3-19(4-6-20)21-7-12-25-22(17-21)18-34-27(35-25)13-15-30(16-14-27)36(32,33)24-10-8-23(28)9-11-24/h3-12,17H,13-16,18H2,1-2H3. The van der Waals surface area contributed by atoms with Gasteiger partial charge in [0.25, 0.3) is 5.91 Å². The molecule has 0 aromatic heterocycles. The predicted molar refractivity (Wildman–Crippen MR) is 137 cm³/mol. The molecule has 0 radical (unpaired) electrons. The summed E-state index contributed by atoms with van der Waals surface area (Å²) >= 11 is 5.90. The minimum atomic E-state index is -3.60. The molecule has 2 heterocycles. The lowest BCUT2D eigenvalue weighted by Crippen LogP contribution is -2.52. The molecule has 36 heavy (non-hydrogen) atoms. The number of ether oxygens (including phenoxy) is 2. The zero-order valence-electron chi connectivity index (χ0n) is 20.1. The fourth-order valence-electron chi connectivity index (χ4n) is 4.54. The van der Waals surface area contributed by atoms with Gasteiger partial charge >= 0.3 is 0 Å². The van der Waals surface area contributed by atoms with Crippen molar-refractivity contribution in [2.75, 3.05) is 27.2 Å². The van der Waals surface area contributed by atoms with Gasteiger partial charge in [0.05, 0.1) is 11.5 Å². The zero-order chi connectivity index (χ0) is 25.5. The monoisotopic (exact) mass is 526 g/mol. The van der Waals surface area contributed by atoms with Crippen LogP contribution in [0.15, 0.2) is 71.6 Å². The van der Waals surface area contributed by atoms with Crippen molar-refractivity contribution in [3.63, 3.8) is 0 Å². The van der Waals surface area contributed by atoms with E-state index in [0.29, 0.717) is 43.1 Å². The molecule has 188 valence electrons. The quantitative estimate of drug-likeness (QED) is 0.488. The maximum Gasteiger partial charge on any atom is 0.253 e. The number of carbonyl (C=O) groups is 1. The van der Waals surface area contributed by atoms with Gasteiger partial charge in [0.2, 0.25) is 15.8 Å². The van der Waals surface area contributed by atoms with E-state index in [4.69, 9.17) is 21.1 Å². The highest BCUT2D eigenvalue weighted by Gasteiger charge is 2.43. The van der Waals surface area contributed by atoms with Crippen molar-refractivity contribution in [1.29, 1.82) is 0 Å². The topological polar surface area (TPSA) is 76.2 Å². The Bertz CT molecular complexity index is 1380. The summed E-state index contributed by atoms with van der Waals surface area (Å²) in [5.74, 6) is -0.126. The summed E-state index contributed by atoms with van der Waals surface area (Å²) in [4.78, 5) is 13.9. The van der Waals surface area contributed by atoms with E-state index in [1.54, 1.807) is 31.1 Å². The van der Waals surface area contributed by atoms with Gasteiger partial charge in [-0.05, 0) is 59.7 Å². The molecule has 2 aliphatic rings. The number of carbonyl (C=O) groups excluding carboxylic acids is 1. The molecule has 0 aliphatic carbocycles. The van der Waals surface area contributed by atoms with E-state index >= 15 is 0 Å². The van der Waals surface area contributed by atoms with E-state index in [9.17, 15) is 13.2 Å². The van der Waals surface area contributed by atoms with Crippen LogP contribution in [0.2, 0.25) is 5.02 Å². The predicted octanol–water partition coefficient (Wildman–Crippen LogP) is 4.80. The Balaban J connectivity index is 1.27. The van der Waals surface area contributed by atoms with Crippen molar-refractivity contribution in [2.45, 2.75) is 30.1 Å². The number of rotatable bonds is 4. The van der Waals surface area contributed by atoms with Gasteiger partial charge in [-0.25, -0.2) is 8.42 Å². The third-order valence-electron chi connectivity index (χ3n) is 6.65. The lowest BCUT2D eigenvalue weighted by atomic mass is 9.99. The molecule has 0 saturated carbocycles. The van der Waals surface area contributed by atoms with Gasteiger partial charge in [-0.1, -0.05) is 29.8 Å². The molecule has 3 aromatic carbocycles. The highest BCUT2D eigenvalue weighted by Crippen LogP contribution is 2.40. The number of hydrogen-bond donors (Lipinski definition) is 0. The lowest BCUT2D eigenvalue weighted by Gasteiger charge is -2.43. The van der Waals surface area contributed by atoms with Gasteiger partial charge < -0.3 is 14.4 Å². The third-order valence-corrected chi connectivity index (χ3v) is 8.82. The lowest BCUT2D eigenvalue weighted by molar-refractivity contribution is -0.223. The number of piperidine rings is 1. The fraction of sp³-hybridized carbons (Fsp3) is 0.296. The van der Waals surface area contributed by atoms with E-state index < -0.39 is 15.8 Å². The molecule has 0 bridgehead atoms. The molecule has 5 rings (SSSR count). The molecule has 7 nitrogen and oxygen atoms in total. The maximum atomic E-state index is 13.0. The van der Waals surface area contributed by atoms with Crippen LogP contribution >= 0.6 is 11.6 Å². The summed E-state index contributed by atoms with van der Waals surface area (Å²) in [6.07, 6.45) is 0.866. The average molecular weight is 527 g/mol. The number of benzene rings is 3. The molecule has 0 N–H and O–H groups in total. The molecule has 0 unspecified atom stereocenters. The van der Waals surface area contributed by atoms with Crippen LogP contribution in [0, 0.1) is 0 Å². The number of hydrogen-bond acceptors (Lipinski definition) is 5. The number of amides is 1. The van der Waals surface area contributed by atoms with Gasteiger partial charge in [-0.3, -0.25) is 4.79 Å². The van der Waals surface area contributed by atoms with Crippen LogP contribution in [0.5, 0.6) is 5.75 Å². The van der Waals surface area contributed by atoms with Crippen LogP contribution in [0.3, 0.4) is 0 Å². The smallest absolute Gasteiger partial charge is 0.253 e. The first kappa shape index (κ1) is 24.8. The summed E-state index contributed by atoms with van der Waals surface area (Å²) < 4.78 is 40.0. The maximum absolute atomic E-state index is 13.0. The molecule has 0 atom stereocenters. The largest absolute Gasteiger partial charge is 0.462 e. The Kier molecular flexibility index (Phi) is 6.55. The van der Waals surface area contributed by atoms with Gasteiger partial charge in [-0.2, -0.15) is 4.31 Å². The summed E-state index contributed by atoms with van der Waals surface area (Å²) in [6, 6.07) is 19.7. The van der Waals surface area contributed by atoms with E-state index in [0.717, 1.165) is 22.4 Å². The Morgan fingerprint density at radius 1 is 0.944 bits per heavy atom. The minimum absolute atomic E-state index is 0.0360. The Labute approximate surface area is 216 Å². The number of nitrogens with zero attached hydrogens (tertiary/aromatic N) is 2. The summed E-state index contributed by atoms with van der Waals surface area (Å²) in [6.45, 7) is 0.983. The third kappa shape index (κ3) is 4.74. The molecule has 9 heteroatoms. The zero-order valence-corrected chi connectivity index (χ0v) is 21.7. The van der Waals surface area contributed by atoms with Crippen molar-refractivity contribution < 1.29 is 22.7 Å². The minimum Gasteiger partial charge on any atom is -0.462 e. The molecule has 1 fully saturated rings. The van der Waals surface area contributed by atoms with Gasteiger partial charge in [-0.15, -0.1) is 0 Å². The van der Waals surface area contributed by atoms with Crippen LogP contribution in [0.1, 0.15) is 28.8 Å². The van der Waals surface area contributed by atoms with Crippen LogP contribution in [0.25, 0.3) is 11.1 Å². The second-order valence-corrected chi connectivity index (χ2v) is 11.6. The number of fused-ring (bicyclic) bond motifs is 1. The highest BCUT2D eigenvalue weighted by atomic mass is 35.5. The average Bonchev–Trinajstić information content (AvgIpc) is 2.88. The van der Waals surface area contributed by atoms with E-state index in [1.807, 2.05) is 42.5 Å². The van der Waals surface area contributed by atoms with E-state index in [2.05, 4.69) is 0 Å². The summed E-state index contributed by atoms with van der Waals surface area (Å²) in [5.41, 5.74) is 3.57. The number of sulfonamides is 1. The molecule has 1 saturated heterocycles. The highest BCUT2D eigenvalue weighted by molar-refractivity contribution is 7.89. The Morgan fingerprint density at radius 2 is 1.58 bits per heavy atom. The SMILES string of the molecule is CN(C)C(=O)c1ccc(-c2ccc3c(c2)COC2(CCN(S(=O)(=O)c4ccc(Cl)cc4)CC2)O3)cc1. The van der Waals surface area contributed by atoms with Crippen molar-refractivity contribution in [1.82, 2.24) is 9.21 Å². The molecular weight excluding hydrogens is 500 g/mol. The number of halogens is 1. The Morgan fingerprint density at radius 3 is 2.22 bits per heavy atom. The van der Waals surface area contributed by atoms with Crippen LogP contribution in [-0.2, 0) is 21.4 Å². The normalized spacial score (nSPS) is 17.3. The van der Waals surface area contributed by atoms with Crippen molar-refractivity contribution in [2.24, 2.45) is 0 Å². The second-order valence-electron chi connectivity index (χ2n) is 9.26. The molecule has 2 aliphatic heterocycles. The van der Waals surface area contributed by atoms with Crippen LogP contribution in [-0.4, -0.2) is 56.5 Å². The van der Waals surface area contributed by atoms with E-state index in [1.165, 1.54) is 16.4 Å². The second kappa shape index (κ2) is 9.52. The van der Waals surface area contributed by atoms with Gasteiger partial charge in [0.1, 0.15) is 5.75 Å². The molecule has 1 spiro atoms. The van der Waals surface area contributed by atoms with Crippen molar-refractivity contribution in [3.05, 3.63) is 82.9 Å². The molecule has 3 aromatic rings. The first-order chi connectivity index (χ1) is 17.2.